The Morgan fingerprint density at radius 3 is 2.53 bits per heavy atom. The summed E-state index contributed by atoms with van der Waals surface area (Å²) in [5, 5.41) is 9.44. The van der Waals surface area contributed by atoms with E-state index in [0.29, 0.717) is 22.9 Å². The Morgan fingerprint density at radius 1 is 1.41 bits per heavy atom. The van der Waals surface area contributed by atoms with E-state index in [9.17, 15) is 14.3 Å². The van der Waals surface area contributed by atoms with Gasteiger partial charge in [-0.2, -0.15) is 0 Å². The summed E-state index contributed by atoms with van der Waals surface area (Å²) in [7, 11) is 0. The molecule has 0 aromatic heterocycles. The van der Waals surface area contributed by atoms with Crippen molar-refractivity contribution < 1.29 is 14.3 Å². The molecule has 1 aliphatic rings. The maximum atomic E-state index is 14.1. The highest BCUT2D eigenvalue weighted by Crippen LogP contribution is 2.43. The number of carbonyl (C=O) groups is 1. The van der Waals surface area contributed by atoms with Crippen molar-refractivity contribution in [3.8, 4) is 0 Å². The van der Waals surface area contributed by atoms with Gasteiger partial charge in [-0.15, -0.1) is 0 Å². The van der Waals surface area contributed by atoms with Gasteiger partial charge in [0.15, 0.2) is 0 Å². The first-order valence-electron chi connectivity index (χ1n) is 5.67. The van der Waals surface area contributed by atoms with E-state index in [4.69, 9.17) is 0 Å². The molecule has 0 amide bonds. The zero-order valence-electron chi connectivity index (χ0n) is 9.59. The molecule has 0 saturated heterocycles. The first-order chi connectivity index (χ1) is 7.97. The van der Waals surface area contributed by atoms with Crippen molar-refractivity contribution in [2.24, 2.45) is 0 Å². The Labute approximate surface area is 108 Å². The predicted octanol–water partition coefficient (Wildman–Crippen LogP) is 3.79. The third kappa shape index (κ3) is 1.99. The lowest BCUT2D eigenvalue weighted by Crippen LogP contribution is -2.33. The van der Waals surface area contributed by atoms with Gasteiger partial charge in [-0.05, 0) is 47.3 Å². The lowest BCUT2D eigenvalue weighted by Gasteiger charge is -2.25. The summed E-state index contributed by atoms with van der Waals surface area (Å²) in [5.41, 5.74) is 0.175. The van der Waals surface area contributed by atoms with E-state index in [-0.39, 0.29) is 0 Å². The fourth-order valence-corrected chi connectivity index (χ4v) is 3.22. The number of carboxylic acids is 1. The van der Waals surface area contributed by atoms with Gasteiger partial charge >= 0.3 is 5.97 Å². The van der Waals surface area contributed by atoms with Gasteiger partial charge in [0.2, 0.25) is 0 Å². The summed E-state index contributed by atoms with van der Waals surface area (Å²) in [4.78, 5) is 11.5. The van der Waals surface area contributed by atoms with Crippen LogP contribution in [0.5, 0.6) is 0 Å². The minimum atomic E-state index is -1.03. The van der Waals surface area contributed by atoms with E-state index in [1.54, 1.807) is 12.1 Å². The van der Waals surface area contributed by atoms with Crippen LogP contribution in [-0.2, 0) is 10.2 Å². The molecule has 0 bridgehead atoms. The first-order valence-corrected chi connectivity index (χ1v) is 6.46. The summed E-state index contributed by atoms with van der Waals surface area (Å²) in [6, 6.07) is 3.34. The van der Waals surface area contributed by atoms with Gasteiger partial charge in [0.05, 0.1) is 9.89 Å². The lowest BCUT2D eigenvalue weighted by molar-refractivity contribution is -0.143. The number of halogens is 2. The van der Waals surface area contributed by atoms with Crippen LogP contribution in [0.15, 0.2) is 16.6 Å². The summed E-state index contributed by atoms with van der Waals surface area (Å²) in [6.45, 7) is 1.85. The normalized spacial score (nSPS) is 18.3. The molecule has 1 N–H and O–H groups in total. The fourth-order valence-electron chi connectivity index (χ4n) is 2.65. The highest BCUT2D eigenvalue weighted by molar-refractivity contribution is 9.10. The third-order valence-electron chi connectivity index (χ3n) is 3.55. The van der Waals surface area contributed by atoms with E-state index < -0.39 is 17.2 Å². The largest absolute Gasteiger partial charge is 0.481 e. The van der Waals surface area contributed by atoms with Gasteiger partial charge in [0, 0.05) is 5.56 Å². The molecule has 2 rings (SSSR count). The third-order valence-corrected chi connectivity index (χ3v) is 4.13. The van der Waals surface area contributed by atoms with Crippen LogP contribution < -0.4 is 0 Å². The minimum absolute atomic E-state index is 0.328. The van der Waals surface area contributed by atoms with Crippen LogP contribution in [0.2, 0.25) is 0 Å². The molecule has 4 heteroatoms. The zero-order chi connectivity index (χ0) is 12.6. The quantitative estimate of drug-likeness (QED) is 0.902. The van der Waals surface area contributed by atoms with Crippen molar-refractivity contribution in [1.29, 1.82) is 0 Å². The van der Waals surface area contributed by atoms with E-state index in [1.165, 1.54) is 0 Å². The Balaban J connectivity index is 2.62. The summed E-state index contributed by atoms with van der Waals surface area (Å²) in [5.74, 6) is -1.34. The van der Waals surface area contributed by atoms with Crippen LogP contribution in [0.25, 0.3) is 0 Å². The van der Waals surface area contributed by atoms with Crippen LogP contribution >= 0.6 is 15.9 Å². The highest BCUT2D eigenvalue weighted by Gasteiger charge is 2.45. The first kappa shape index (κ1) is 12.6. The van der Waals surface area contributed by atoms with Crippen LogP contribution in [0.3, 0.4) is 0 Å². The van der Waals surface area contributed by atoms with Crippen molar-refractivity contribution in [3.63, 3.8) is 0 Å². The Kier molecular flexibility index (Phi) is 3.25. The Bertz CT molecular complexity index is 465. The van der Waals surface area contributed by atoms with E-state index in [0.717, 1.165) is 18.4 Å². The Hall–Kier alpha value is -0.900. The molecule has 1 saturated carbocycles. The van der Waals surface area contributed by atoms with Gasteiger partial charge in [-0.25, -0.2) is 4.39 Å². The van der Waals surface area contributed by atoms with Crippen molar-refractivity contribution in [1.82, 2.24) is 0 Å². The molecule has 0 heterocycles. The summed E-state index contributed by atoms with van der Waals surface area (Å²) in [6.07, 6.45) is 2.74. The van der Waals surface area contributed by atoms with Gasteiger partial charge in [-0.3, -0.25) is 4.79 Å². The molecule has 0 spiro atoms. The summed E-state index contributed by atoms with van der Waals surface area (Å²) < 4.78 is 14.5. The lowest BCUT2D eigenvalue weighted by atomic mass is 9.78. The van der Waals surface area contributed by atoms with Gasteiger partial charge in [-0.1, -0.05) is 18.9 Å². The second kappa shape index (κ2) is 4.41. The van der Waals surface area contributed by atoms with Crippen LogP contribution in [0.1, 0.15) is 36.8 Å². The number of hydrogen-bond acceptors (Lipinski definition) is 1. The zero-order valence-corrected chi connectivity index (χ0v) is 11.2. The average molecular weight is 301 g/mol. The van der Waals surface area contributed by atoms with Gasteiger partial charge in [0.25, 0.3) is 0 Å². The van der Waals surface area contributed by atoms with Crippen LogP contribution in [0, 0.1) is 12.7 Å². The molecular weight excluding hydrogens is 287 g/mol. The molecule has 1 fully saturated rings. The second-order valence-corrected chi connectivity index (χ2v) is 5.56. The van der Waals surface area contributed by atoms with Crippen LogP contribution in [0.4, 0.5) is 4.39 Å². The monoisotopic (exact) mass is 300 g/mol. The number of hydrogen-bond donors (Lipinski definition) is 1. The molecule has 92 valence electrons. The van der Waals surface area contributed by atoms with E-state index in [1.807, 2.05) is 6.92 Å². The topological polar surface area (TPSA) is 37.3 Å². The standard InChI is InChI=1S/C13H14BrFO2/c1-8-6-9(11(15)10(14)7-8)13(12(16)17)4-2-3-5-13/h6-7H,2-5H2,1H3,(H,16,17). The fraction of sp³-hybridized carbons (Fsp3) is 0.462. The second-order valence-electron chi connectivity index (χ2n) is 4.70. The van der Waals surface area contributed by atoms with Crippen molar-refractivity contribution >= 4 is 21.9 Å². The van der Waals surface area contributed by atoms with Crippen molar-refractivity contribution in [3.05, 3.63) is 33.5 Å². The number of rotatable bonds is 2. The van der Waals surface area contributed by atoms with E-state index in [2.05, 4.69) is 15.9 Å². The molecule has 0 radical (unpaired) electrons. The summed E-state index contributed by atoms with van der Waals surface area (Å²) >= 11 is 3.15. The number of carboxylic acid groups (broad SMARTS) is 1. The molecule has 1 aromatic rings. The van der Waals surface area contributed by atoms with E-state index >= 15 is 0 Å². The molecular formula is C13H14BrFO2. The number of benzene rings is 1. The van der Waals surface area contributed by atoms with Gasteiger partial charge < -0.3 is 5.11 Å². The van der Waals surface area contributed by atoms with Gasteiger partial charge in [0.1, 0.15) is 5.82 Å². The molecule has 0 aliphatic heterocycles. The van der Waals surface area contributed by atoms with Crippen LogP contribution in [-0.4, -0.2) is 11.1 Å². The average Bonchev–Trinajstić information content (AvgIpc) is 2.73. The van der Waals surface area contributed by atoms with Crippen molar-refractivity contribution in [2.75, 3.05) is 0 Å². The molecule has 1 aliphatic carbocycles. The molecule has 0 atom stereocenters. The molecule has 1 aromatic carbocycles. The molecule has 17 heavy (non-hydrogen) atoms. The smallest absolute Gasteiger partial charge is 0.314 e. The maximum absolute atomic E-state index is 14.1. The van der Waals surface area contributed by atoms with Crippen molar-refractivity contribution in [2.45, 2.75) is 38.0 Å². The maximum Gasteiger partial charge on any atom is 0.314 e. The molecule has 0 unspecified atom stereocenters. The number of aryl methyl sites for hydroxylation is 1. The molecule has 2 nitrogen and oxygen atoms in total. The predicted molar refractivity (Wildman–Crippen MR) is 66.6 cm³/mol. The SMILES string of the molecule is Cc1cc(Br)c(F)c(C2(C(=O)O)CCCC2)c1. The number of aliphatic carboxylic acids is 1. The Morgan fingerprint density at radius 2 is 2.00 bits per heavy atom. The highest BCUT2D eigenvalue weighted by atomic mass is 79.9. The minimum Gasteiger partial charge on any atom is -0.481 e.